The van der Waals surface area contributed by atoms with Crippen molar-refractivity contribution in [3.8, 4) is 0 Å². The first kappa shape index (κ1) is 20.1. The molecule has 0 saturated heterocycles. The second-order valence-corrected chi connectivity index (χ2v) is 4.38. The summed E-state index contributed by atoms with van der Waals surface area (Å²) in [4.78, 5) is 22.6. The van der Waals surface area contributed by atoms with E-state index in [1.165, 1.54) is 0 Å². The van der Waals surface area contributed by atoms with E-state index in [1.807, 2.05) is 0 Å². The van der Waals surface area contributed by atoms with E-state index in [0.717, 1.165) is 0 Å². The van der Waals surface area contributed by atoms with Crippen LogP contribution in [-0.4, -0.2) is 37.0 Å². The summed E-state index contributed by atoms with van der Waals surface area (Å²) in [5.41, 5.74) is 0. The molecule has 0 N–H and O–H groups in total. The fourth-order valence-corrected chi connectivity index (χ4v) is 1.33. The summed E-state index contributed by atoms with van der Waals surface area (Å²) >= 11 is 0. The van der Waals surface area contributed by atoms with Gasteiger partial charge in [0.05, 0.1) is 12.8 Å². The second-order valence-electron chi connectivity index (χ2n) is 4.38. The molecule has 0 aliphatic rings. The first-order valence-electron chi connectivity index (χ1n) is 6.45. The van der Waals surface area contributed by atoms with Crippen LogP contribution in [0.2, 0.25) is 0 Å². The van der Waals surface area contributed by atoms with E-state index in [4.69, 9.17) is 4.74 Å². The van der Waals surface area contributed by atoms with Crippen LogP contribution in [0.15, 0.2) is 25.3 Å². The molecule has 0 fully saturated rings. The van der Waals surface area contributed by atoms with Crippen LogP contribution < -0.4 is 0 Å². The topological polar surface area (TPSA) is 52.6 Å². The highest BCUT2D eigenvalue weighted by molar-refractivity contribution is 5.77. The van der Waals surface area contributed by atoms with E-state index in [9.17, 15) is 27.2 Å². The molecule has 0 heterocycles. The molecule has 0 rings (SSSR count). The van der Waals surface area contributed by atoms with Crippen LogP contribution in [0.5, 0.6) is 0 Å². The number of hydrogen-bond acceptors (Lipinski definition) is 4. The fourth-order valence-electron chi connectivity index (χ4n) is 1.33. The Morgan fingerprint density at radius 1 is 1.05 bits per heavy atom. The summed E-state index contributed by atoms with van der Waals surface area (Å²) in [7, 11) is 0. The van der Waals surface area contributed by atoms with Crippen LogP contribution in [0.1, 0.15) is 25.7 Å². The van der Waals surface area contributed by atoms with Crippen LogP contribution >= 0.6 is 0 Å². The van der Waals surface area contributed by atoms with Gasteiger partial charge >= 0.3 is 24.3 Å². The van der Waals surface area contributed by atoms with Crippen molar-refractivity contribution in [2.45, 2.75) is 44.1 Å². The van der Waals surface area contributed by atoms with Gasteiger partial charge in [0, 0.05) is 12.8 Å². The Hall–Kier alpha value is -1.86. The molecule has 0 aromatic heterocycles. The number of ether oxygens (including phenoxy) is 2. The third-order valence-corrected chi connectivity index (χ3v) is 2.44. The number of alkyl halides is 4. The zero-order valence-corrected chi connectivity index (χ0v) is 11.9. The molecule has 0 aromatic carbocycles. The van der Waals surface area contributed by atoms with Gasteiger partial charge in [-0.15, -0.1) is 13.2 Å². The van der Waals surface area contributed by atoms with Crippen molar-refractivity contribution in [3.05, 3.63) is 25.3 Å². The Kier molecular flexibility index (Phi) is 9.12. The highest BCUT2D eigenvalue weighted by atomic mass is 19.3. The molecule has 4 nitrogen and oxygen atoms in total. The molecule has 22 heavy (non-hydrogen) atoms. The van der Waals surface area contributed by atoms with Gasteiger partial charge in [-0.2, -0.15) is 8.78 Å². The van der Waals surface area contributed by atoms with Gasteiger partial charge in [-0.1, -0.05) is 12.2 Å². The molecule has 0 unspecified atom stereocenters. The third kappa shape index (κ3) is 8.43. The number of hydrogen-bond donors (Lipinski definition) is 0. The number of esters is 2. The number of carbonyl (C=O) groups is 2. The van der Waals surface area contributed by atoms with Gasteiger partial charge in [-0.3, -0.25) is 9.59 Å². The maximum atomic E-state index is 12.5. The monoisotopic (exact) mass is 326 g/mol. The molecular weight excluding hydrogens is 308 g/mol. The molecule has 0 radical (unpaired) electrons. The molecule has 0 atom stereocenters. The van der Waals surface area contributed by atoms with Gasteiger partial charge in [0.1, 0.15) is 6.10 Å². The Morgan fingerprint density at radius 3 is 2.00 bits per heavy atom. The maximum Gasteiger partial charge on any atom is 0.340 e. The quantitative estimate of drug-likeness (QED) is 0.332. The first-order valence-corrected chi connectivity index (χ1v) is 6.45. The van der Waals surface area contributed by atoms with Gasteiger partial charge in [0.2, 0.25) is 0 Å². The van der Waals surface area contributed by atoms with Gasteiger partial charge in [0.25, 0.3) is 0 Å². The molecule has 0 bridgehead atoms. The molecular formula is C14H18F4O4. The summed E-state index contributed by atoms with van der Waals surface area (Å²) in [6, 6.07) is 0. The van der Waals surface area contributed by atoms with Gasteiger partial charge in [0.15, 0.2) is 6.61 Å². The number of rotatable bonds is 11. The summed E-state index contributed by atoms with van der Waals surface area (Å²) in [6.45, 7) is 5.26. The van der Waals surface area contributed by atoms with Crippen LogP contribution in [0.4, 0.5) is 17.6 Å². The molecule has 0 aromatic rings. The largest absolute Gasteiger partial charge is 0.462 e. The average molecular weight is 326 g/mol. The number of halogens is 4. The highest BCUT2D eigenvalue weighted by Gasteiger charge is 2.42. The Morgan fingerprint density at radius 2 is 1.55 bits per heavy atom. The van der Waals surface area contributed by atoms with Crippen LogP contribution in [-0.2, 0) is 19.1 Å². The van der Waals surface area contributed by atoms with Crippen molar-refractivity contribution in [2.24, 2.45) is 0 Å². The van der Waals surface area contributed by atoms with E-state index < -0.39 is 49.8 Å². The van der Waals surface area contributed by atoms with Crippen LogP contribution in [0.25, 0.3) is 0 Å². The Bertz CT molecular complexity index is 386. The zero-order valence-electron chi connectivity index (χ0n) is 11.9. The lowest BCUT2D eigenvalue weighted by molar-refractivity contribution is -0.180. The highest BCUT2D eigenvalue weighted by Crippen LogP contribution is 2.23. The van der Waals surface area contributed by atoms with Crippen molar-refractivity contribution in [2.75, 3.05) is 6.61 Å². The smallest absolute Gasteiger partial charge is 0.340 e. The standard InChI is InChI=1S/C14H18F4O4/c1-3-5-10(6-4-2)22-12(20)8-7-11(19)21-9-14(17,18)13(15)16/h3-4,10,13H,1-2,5-9H2. The van der Waals surface area contributed by atoms with Gasteiger partial charge in [-0.05, 0) is 0 Å². The Balaban J connectivity index is 4.10. The zero-order chi connectivity index (χ0) is 17.2. The molecule has 0 saturated carbocycles. The van der Waals surface area contributed by atoms with Crippen LogP contribution in [0.3, 0.4) is 0 Å². The normalized spacial score (nSPS) is 11.4. The third-order valence-electron chi connectivity index (χ3n) is 2.44. The van der Waals surface area contributed by atoms with E-state index in [-0.39, 0.29) is 0 Å². The maximum absolute atomic E-state index is 12.5. The van der Waals surface area contributed by atoms with Crippen molar-refractivity contribution >= 4 is 11.9 Å². The van der Waals surface area contributed by atoms with E-state index >= 15 is 0 Å². The van der Waals surface area contributed by atoms with E-state index in [2.05, 4.69) is 17.9 Å². The van der Waals surface area contributed by atoms with Crippen LogP contribution in [0, 0.1) is 0 Å². The van der Waals surface area contributed by atoms with E-state index in [0.29, 0.717) is 12.8 Å². The minimum atomic E-state index is -4.41. The summed E-state index contributed by atoms with van der Waals surface area (Å²) in [5.74, 6) is -6.32. The lowest BCUT2D eigenvalue weighted by atomic mass is 10.2. The fraction of sp³-hybridized carbons (Fsp3) is 0.571. The lowest BCUT2D eigenvalue weighted by Crippen LogP contribution is -2.33. The van der Waals surface area contributed by atoms with Gasteiger partial charge < -0.3 is 9.47 Å². The molecule has 0 spiro atoms. The van der Waals surface area contributed by atoms with Crippen molar-refractivity contribution < 1.29 is 36.6 Å². The predicted molar refractivity (Wildman–Crippen MR) is 70.7 cm³/mol. The van der Waals surface area contributed by atoms with Gasteiger partial charge in [-0.25, -0.2) is 8.78 Å². The number of carbonyl (C=O) groups excluding carboxylic acids is 2. The molecule has 0 amide bonds. The molecule has 0 aliphatic heterocycles. The minimum absolute atomic E-state index is 0.392. The summed E-state index contributed by atoms with van der Waals surface area (Å²) in [6.07, 6.45) is -1.46. The minimum Gasteiger partial charge on any atom is -0.462 e. The van der Waals surface area contributed by atoms with Crippen molar-refractivity contribution in [3.63, 3.8) is 0 Å². The lowest BCUT2D eigenvalue weighted by Gasteiger charge is -2.16. The molecule has 8 heteroatoms. The molecule has 126 valence electrons. The van der Waals surface area contributed by atoms with Crippen molar-refractivity contribution in [1.29, 1.82) is 0 Å². The Labute approximate surface area is 125 Å². The molecule has 0 aliphatic carbocycles. The summed E-state index contributed by atoms with van der Waals surface area (Å²) in [5, 5.41) is 0. The average Bonchev–Trinajstić information content (AvgIpc) is 2.43. The first-order chi connectivity index (χ1) is 10.2. The predicted octanol–water partition coefficient (Wildman–Crippen LogP) is 3.27. The second kappa shape index (κ2) is 9.97. The summed E-state index contributed by atoms with van der Waals surface area (Å²) < 4.78 is 57.7. The van der Waals surface area contributed by atoms with E-state index in [1.54, 1.807) is 12.2 Å². The SMILES string of the molecule is C=CCC(CC=C)OC(=O)CCC(=O)OCC(F)(F)C(F)F. The van der Waals surface area contributed by atoms with Crippen molar-refractivity contribution in [1.82, 2.24) is 0 Å².